The predicted molar refractivity (Wildman–Crippen MR) is 73.9 cm³/mol. The first-order valence-corrected chi connectivity index (χ1v) is 6.15. The SMILES string of the molecule is CN(Cc1ccc(Cl)nc1)C1CCNCC1.Cl. The highest BCUT2D eigenvalue weighted by Crippen LogP contribution is 2.14. The Labute approximate surface area is 114 Å². The third-order valence-electron chi connectivity index (χ3n) is 3.15. The van der Waals surface area contributed by atoms with Crippen LogP contribution in [0.2, 0.25) is 5.15 Å². The van der Waals surface area contributed by atoms with Gasteiger partial charge in [0.15, 0.2) is 0 Å². The van der Waals surface area contributed by atoms with E-state index in [-0.39, 0.29) is 12.4 Å². The van der Waals surface area contributed by atoms with Gasteiger partial charge in [-0.1, -0.05) is 17.7 Å². The molecule has 5 heteroatoms. The number of rotatable bonds is 3. The summed E-state index contributed by atoms with van der Waals surface area (Å²) in [7, 11) is 2.19. The second-order valence-electron chi connectivity index (χ2n) is 4.39. The Morgan fingerprint density at radius 1 is 1.41 bits per heavy atom. The average molecular weight is 276 g/mol. The number of pyridine rings is 1. The van der Waals surface area contributed by atoms with Gasteiger partial charge in [0.1, 0.15) is 5.15 Å². The van der Waals surface area contributed by atoms with Gasteiger partial charge in [0.05, 0.1) is 0 Å². The summed E-state index contributed by atoms with van der Waals surface area (Å²) < 4.78 is 0. The number of halogens is 2. The topological polar surface area (TPSA) is 28.2 Å². The summed E-state index contributed by atoms with van der Waals surface area (Å²) in [6.07, 6.45) is 4.33. The van der Waals surface area contributed by atoms with Crippen LogP contribution in [0, 0.1) is 0 Å². The Balaban J connectivity index is 0.00000144. The summed E-state index contributed by atoms with van der Waals surface area (Å²) in [5.41, 5.74) is 1.23. The van der Waals surface area contributed by atoms with Gasteiger partial charge in [0.2, 0.25) is 0 Å². The fourth-order valence-corrected chi connectivity index (χ4v) is 2.28. The molecule has 1 fully saturated rings. The number of hydrogen-bond donors (Lipinski definition) is 1. The van der Waals surface area contributed by atoms with Crippen molar-refractivity contribution in [3.05, 3.63) is 29.0 Å². The molecule has 1 saturated heterocycles. The summed E-state index contributed by atoms with van der Waals surface area (Å²) in [4.78, 5) is 6.51. The van der Waals surface area contributed by atoms with Crippen LogP contribution < -0.4 is 5.32 Å². The van der Waals surface area contributed by atoms with Crippen LogP contribution in [-0.4, -0.2) is 36.1 Å². The van der Waals surface area contributed by atoms with Crippen molar-refractivity contribution >= 4 is 24.0 Å². The fraction of sp³-hybridized carbons (Fsp3) is 0.583. The van der Waals surface area contributed by atoms with Crippen molar-refractivity contribution in [2.75, 3.05) is 20.1 Å². The van der Waals surface area contributed by atoms with E-state index in [0.717, 1.165) is 19.6 Å². The molecule has 0 atom stereocenters. The number of hydrogen-bond acceptors (Lipinski definition) is 3. The standard InChI is InChI=1S/C12H18ClN3.ClH/c1-16(11-4-6-14-7-5-11)9-10-2-3-12(13)15-8-10;/h2-3,8,11,14H,4-7,9H2,1H3;1H. The van der Waals surface area contributed by atoms with Gasteiger partial charge in [0, 0.05) is 18.8 Å². The van der Waals surface area contributed by atoms with Gasteiger partial charge in [-0.05, 0) is 44.6 Å². The van der Waals surface area contributed by atoms with E-state index in [0.29, 0.717) is 11.2 Å². The monoisotopic (exact) mass is 275 g/mol. The Bertz CT molecular complexity index is 323. The number of nitrogens with one attached hydrogen (secondary N) is 1. The maximum atomic E-state index is 5.76. The molecule has 1 aromatic rings. The molecule has 0 aromatic carbocycles. The van der Waals surface area contributed by atoms with Crippen molar-refractivity contribution < 1.29 is 0 Å². The molecule has 3 nitrogen and oxygen atoms in total. The number of aromatic nitrogens is 1. The minimum atomic E-state index is 0. The van der Waals surface area contributed by atoms with Crippen LogP contribution in [-0.2, 0) is 6.54 Å². The molecule has 1 aliphatic heterocycles. The first-order chi connectivity index (χ1) is 7.75. The van der Waals surface area contributed by atoms with E-state index in [1.165, 1.54) is 18.4 Å². The molecule has 0 unspecified atom stereocenters. The summed E-state index contributed by atoms with van der Waals surface area (Å²) in [6.45, 7) is 3.22. The van der Waals surface area contributed by atoms with E-state index in [1.807, 2.05) is 18.3 Å². The van der Waals surface area contributed by atoms with Gasteiger partial charge in [-0.15, -0.1) is 12.4 Å². The molecule has 2 heterocycles. The molecular weight excluding hydrogens is 257 g/mol. The molecule has 1 N–H and O–H groups in total. The lowest BCUT2D eigenvalue weighted by molar-refractivity contribution is 0.191. The summed E-state index contributed by atoms with van der Waals surface area (Å²) in [5.74, 6) is 0. The summed E-state index contributed by atoms with van der Waals surface area (Å²) in [6, 6.07) is 4.59. The van der Waals surface area contributed by atoms with Crippen LogP contribution in [0.5, 0.6) is 0 Å². The Morgan fingerprint density at radius 3 is 2.71 bits per heavy atom. The van der Waals surface area contributed by atoms with E-state index in [9.17, 15) is 0 Å². The van der Waals surface area contributed by atoms with E-state index >= 15 is 0 Å². The van der Waals surface area contributed by atoms with Crippen LogP contribution in [0.3, 0.4) is 0 Å². The van der Waals surface area contributed by atoms with Gasteiger partial charge >= 0.3 is 0 Å². The Kier molecular flexibility index (Phi) is 6.20. The van der Waals surface area contributed by atoms with Crippen LogP contribution in [0.4, 0.5) is 0 Å². The lowest BCUT2D eigenvalue weighted by Gasteiger charge is -2.31. The van der Waals surface area contributed by atoms with Gasteiger partial charge in [-0.2, -0.15) is 0 Å². The maximum absolute atomic E-state index is 5.76. The quantitative estimate of drug-likeness (QED) is 0.859. The second-order valence-corrected chi connectivity index (χ2v) is 4.77. The van der Waals surface area contributed by atoms with E-state index in [4.69, 9.17) is 11.6 Å². The largest absolute Gasteiger partial charge is 0.317 e. The summed E-state index contributed by atoms with van der Waals surface area (Å²) in [5, 5.41) is 3.95. The third kappa shape index (κ3) is 4.43. The molecular formula is C12H19Cl2N3. The lowest BCUT2D eigenvalue weighted by atomic mass is 10.0. The van der Waals surface area contributed by atoms with E-state index < -0.39 is 0 Å². The molecule has 0 amide bonds. The van der Waals surface area contributed by atoms with Gasteiger partial charge < -0.3 is 5.32 Å². The highest BCUT2D eigenvalue weighted by atomic mass is 35.5. The van der Waals surface area contributed by atoms with Crippen molar-refractivity contribution in [3.8, 4) is 0 Å². The molecule has 0 bridgehead atoms. The smallest absolute Gasteiger partial charge is 0.129 e. The minimum Gasteiger partial charge on any atom is -0.317 e. The first-order valence-electron chi connectivity index (χ1n) is 5.77. The second kappa shape index (κ2) is 7.17. The molecule has 0 saturated carbocycles. The highest BCUT2D eigenvalue weighted by Gasteiger charge is 2.17. The molecule has 0 spiro atoms. The van der Waals surface area contributed by atoms with Gasteiger partial charge in [-0.3, -0.25) is 4.90 Å². The fourth-order valence-electron chi connectivity index (χ4n) is 2.16. The van der Waals surface area contributed by atoms with Crippen molar-refractivity contribution in [2.24, 2.45) is 0 Å². The molecule has 1 aromatic heterocycles. The summed E-state index contributed by atoms with van der Waals surface area (Å²) >= 11 is 5.76. The lowest BCUT2D eigenvalue weighted by Crippen LogP contribution is -2.40. The van der Waals surface area contributed by atoms with Crippen molar-refractivity contribution in [3.63, 3.8) is 0 Å². The Hall–Kier alpha value is -0.350. The van der Waals surface area contributed by atoms with E-state index in [2.05, 4.69) is 22.2 Å². The molecule has 1 aliphatic rings. The minimum absolute atomic E-state index is 0. The van der Waals surface area contributed by atoms with Crippen molar-refractivity contribution in [2.45, 2.75) is 25.4 Å². The van der Waals surface area contributed by atoms with Crippen LogP contribution in [0.15, 0.2) is 18.3 Å². The van der Waals surface area contributed by atoms with Crippen LogP contribution in [0.25, 0.3) is 0 Å². The van der Waals surface area contributed by atoms with Crippen molar-refractivity contribution in [1.29, 1.82) is 0 Å². The van der Waals surface area contributed by atoms with Crippen molar-refractivity contribution in [1.82, 2.24) is 15.2 Å². The number of nitrogens with zero attached hydrogens (tertiary/aromatic N) is 2. The molecule has 17 heavy (non-hydrogen) atoms. The van der Waals surface area contributed by atoms with Gasteiger partial charge in [0.25, 0.3) is 0 Å². The van der Waals surface area contributed by atoms with Crippen LogP contribution >= 0.6 is 24.0 Å². The van der Waals surface area contributed by atoms with Crippen LogP contribution in [0.1, 0.15) is 18.4 Å². The average Bonchev–Trinajstić information content (AvgIpc) is 2.33. The van der Waals surface area contributed by atoms with Gasteiger partial charge in [-0.25, -0.2) is 4.98 Å². The molecule has 0 aliphatic carbocycles. The first kappa shape index (κ1) is 14.7. The predicted octanol–water partition coefficient (Wildman–Crippen LogP) is 2.34. The normalized spacial score (nSPS) is 16.9. The maximum Gasteiger partial charge on any atom is 0.129 e. The zero-order chi connectivity index (χ0) is 11.4. The molecule has 0 radical (unpaired) electrons. The third-order valence-corrected chi connectivity index (χ3v) is 3.38. The molecule has 2 rings (SSSR count). The van der Waals surface area contributed by atoms with E-state index in [1.54, 1.807) is 0 Å². The Morgan fingerprint density at radius 2 is 2.12 bits per heavy atom. The number of piperidine rings is 1. The zero-order valence-electron chi connectivity index (χ0n) is 10.0. The highest BCUT2D eigenvalue weighted by molar-refractivity contribution is 6.29. The molecule has 96 valence electrons. The zero-order valence-corrected chi connectivity index (χ0v) is 11.6.